The highest BCUT2D eigenvalue weighted by Gasteiger charge is 1.95. The quantitative estimate of drug-likeness (QED) is 0.579. The molecule has 0 aliphatic rings. The maximum absolute atomic E-state index is 5.71. The fourth-order valence-electron chi connectivity index (χ4n) is 1.93. The zero-order valence-corrected chi connectivity index (χ0v) is 11.8. The summed E-state index contributed by atoms with van der Waals surface area (Å²) in [5, 5.41) is 0. The van der Waals surface area contributed by atoms with Crippen LogP contribution in [0.15, 0.2) is 24.3 Å². The second kappa shape index (κ2) is 9.95. The largest absolute Gasteiger partial charge is 0.494 e. The second-order valence-corrected chi connectivity index (χ2v) is 4.65. The zero-order valence-electron chi connectivity index (χ0n) is 11.8. The van der Waals surface area contributed by atoms with Gasteiger partial charge < -0.3 is 9.47 Å². The highest BCUT2D eigenvalue weighted by atomic mass is 16.5. The number of ether oxygens (including phenoxy) is 2. The van der Waals surface area contributed by atoms with E-state index >= 15 is 0 Å². The van der Waals surface area contributed by atoms with E-state index in [1.165, 1.54) is 24.8 Å². The minimum Gasteiger partial charge on any atom is -0.494 e. The van der Waals surface area contributed by atoms with Gasteiger partial charge in [0.2, 0.25) is 0 Å². The van der Waals surface area contributed by atoms with Crippen LogP contribution in [0.25, 0.3) is 0 Å². The number of benzene rings is 1. The molecule has 0 saturated carbocycles. The lowest BCUT2D eigenvalue weighted by Crippen LogP contribution is -1.98. The van der Waals surface area contributed by atoms with Crippen LogP contribution in [0.1, 0.15) is 44.6 Å². The van der Waals surface area contributed by atoms with Crippen molar-refractivity contribution in [2.45, 2.75) is 45.4 Å². The molecule has 0 heterocycles. The molecule has 0 bridgehead atoms. The van der Waals surface area contributed by atoms with Gasteiger partial charge in [0, 0.05) is 13.7 Å². The molecule has 0 aliphatic carbocycles. The Bertz CT molecular complexity index is 292. The molecule has 0 amide bonds. The van der Waals surface area contributed by atoms with Crippen LogP contribution in [0.2, 0.25) is 0 Å². The first-order valence-corrected chi connectivity index (χ1v) is 7.07. The first-order valence-electron chi connectivity index (χ1n) is 7.07. The molecule has 0 aromatic heterocycles. The van der Waals surface area contributed by atoms with Gasteiger partial charge in [-0.05, 0) is 43.4 Å². The van der Waals surface area contributed by atoms with Crippen molar-refractivity contribution in [3.8, 4) is 5.75 Å². The molecule has 1 aromatic rings. The van der Waals surface area contributed by atoms with E-state index in [2.05, 4.69) is 31.2 Å². The summed E-state index contributed by atoms with van der Waals surface area (Å²) in [6.07, 6.45) is 7.08. The van der Waals surface area contributed by atoms with E-state index < -0.39 is 0 Å². The van der Waals surface area contributed by atoms with Gasteiger partial charge in [-0.3, -0.25) is 0 Å². The molecular formula is C16H26O2. The molecule has 1 aromatic carbocycles. The minimum atomic E-state index is 0.820. The Morgan fingerprint density at radius 3 is 2.17 bits per heavy atom. The van der Waals surface area contributed by atoms with Crippen molar-refractivity contribution >= 4 is 0 Å². The standard InChI is InChI=1S/C16H26O2/c1-3-8-15-9-11-16(12-10-15)18-14-7-5-4-6-13-17-2/h9-12H,3-8,13-14H2,1-2H3. The first kappa shape index (κ1) is 15.0. The van der Waals surface area contributed by atoms with Gasteiger partial charge in [0.05, 0.1) is 6.61 Å². The molecule has 0 N–H and O–H groups in total. The zero-order chi connectivity index (χ0) is 13.1. The van der Waals surface area contributed by atoms with Crippen LogP contribution in [-0.2, 0) is 11.2 Å². The maximum atomic E-state index is 5.71. The van der Waals surface area contributed by atoms with Crippen LogP contribution in [0.3, 0.4) is 0 Å². The highest BCUT2D eigenvalue weighted by Crippen LogP contribution is 2.14. The van der Waals surface area contributed by atoms with Crippen molar-refractivity contribution in [3.05, 3.63) is 29.8 Å². The highest BCUT2D eigenvalue weighted by molar-refractivity contribution is 5.27. The van der Waals surface area contributed by atoms with E-state index in [1.807, 2.05) is 0 Å². The predicted octanol–water partition coefficient (Wildman–Crippen LogP) is 4.22. The van der Waals surface area contributed by atoms with Gasteiger partial charge in [0.1, 0.15) is 5.75 Å². The van der Waals surface area contributed by atoms with Crippen LogP contribution in [0.4, 0.5) is 0 Å². The fourth-order valence-corrected chi connectivity index (χ4v) is 1.93. The Kier molecular flexibility index (Phi) is 8.32. The summed E-state index contributed by atoms with van der Waals surface area (Å²) < 4.78 is 10.7. The average Bonchev–Trinajstić information content (AvgIpc) is 2.40. The van der Waals surface area contributed by atoms with Crippen LogP contribution < -0.4 is 4.74 Å². The Morgan fingerprint density at radius 2 is 1.56 bits per heavy atom. The number of rotatable bonds is 10. The van der Waals surface area contributed by atoms with E-state index in [-0.39, 0.29) is 0 Å². The smallest absolute Gasteiger partial charge is 0.119 e. The van der Waals surface area contributed by atoms with Crippen LogP contribution >= 0.6 is 0 Å². The van der Waals surface area contributed by atoms with Gasteiger partial charge in [0.15, 0.2) is 0 Å². The molecule has 2 nitrogen and oxygen atoms in total. The number of unbranched alkanes of at least 4 members (excludes halogenated alkanes) is 3. The normalized spacial score (nSPS) is 10.6. The number of methoxy groups -OCH3 is 1. The molecular weight excluding hydrogens is 224 g/mol. The monoisotopic (exact) mass is 250 g/mol. The molecule has 2 heteroatoms. The Labute approximate surface area is 111 Å². The molecule has 0 radical (unpaired) electrons. The topological polar surface area (TPSA) is 18.5 Å². The van der Waals surface area contributed by atoms with Crippen molar-refractivity contribution in [1.82, 2.24) is 0 Å². The summed E-state index contributed by atoms with van der Waals surface area (Å²) in [6, 6.07) is 8.49. The van der Waals surface area contributed by atoms with Crippen LogP contribution in [-0.4, -0.2) is 20.3 Å². The summed E-state index contributed by atoms with van der Waals surface area (Å²) in [4.78, 5) is 0. The summed E-state index contributed by atoms with van der Waals surface area (Å²) in [7, 11) is 1.76. The van der Waals surface area contributed by atoms with E-state index in [0.29, 0.717) is 0 Å². The van der Waals surface area contributed by atoms with Crippen molar-refractivity contribution in [2.24, 2.45) is 0 Å². The number of hydrogen-bond acceptors (Lipinski definition) is 2. The van der Waals surface area contributed by atoms with Gasteiger partial charge >= 0.3 is 0 Å². The Balaban J connectivity index is 2.08. The fraction of sp³-hybridized carbons (Fsp3) is 0.625. The molecule has 0 saturated heterocycles. The van der Waals surface area contributed by atoms with E-state index in [4.69, 9.17) is 9.47 Å². The van der Waals surface area contributed by atoms with Crippen molar-refractivity contribution < 1.29 is 9.47 Å². The number of aryl methyl sites for hydroxylation is 1. The van der Waals surface area contributed by atoms with Gasteiger partial charge in [0.25, 0.3) is 0 Å². The van der Waals surface area contributed by atoms with Gasteiger partial charge in [-0.2, -0.15) is 0 Å². The summed E-state index contributed by atoms with van der Waals surface area (Å²) in [6.45, 7) is 3.90. The molecule has 0 atom stereocenters. The molecule has 0 unspecified atom stereocenters. The summed E-state index contributed by atoms with van der Waals surface area (Å²) >= 11 is 0. The third kappa shape index (κ3) is 6.65. The molecule has 0 aliphatic heterocycles. The minimum absolute atomic E-state index is 0.820. The van der Waals surface area contributed by atoms with Gasteiger partial charge in [-0.1, -0.05) is 31.9 Å². The summed E-state index contributed by atoms with van der Waals surface area (Å²) in [5.74, 6) is 0.992. The van der Waals surface area contributed by atoms with Crippen molar-refractivity contribution in [2.75, 3.05) is 20.3 Å². The summed E-state index contributed by atoms with van der Waals surface area (Å²) in [5.41, 5.74) is 1.39. The molecule has 0 fully saturated rings. The molecule has 18 heavy (non-hydrogen) atoms. The molecule has 0 spiro atoms. The average molecular weight is 250 g/mol. The van der Waals surface area contributed by atoms with Crippen molar-refractivity contribution in [1.29, 1.82) is 0 Å². The molecule has 1 rings (SSSR count). The van der Waals surface area contributed by atoms with Gasteiger partial charge in [-0.15, -0.1) is 0 Å². The lowest BCUT2D eigenvalue weighted by atomic mass is 10.1. The van der Waals surface area contributed by atoms with Gasteiger partial charge in [-0.25, -0.2) is 0 Å². The van der Waals surface area contributed by atoms with Crippen LogP contribution in [0.5, 0.6) is 5.75 Å². The Morgan fingerprint density at radius 1 is 0.889 bits per heavy atom. The predicted molar refractivity (Wildman–Crippen MR) is 76.3 cm³/mol. The van der Waals surface area contributed by atoms with Crippen molar-refractivity contribution in [3.63, 3.8) is 0 Å². The second-order valence-electron chi connectivity index (χ2n) is 4.65. The SMILES string of the molecule is CCCc1ccc(OCCCCCCOC)cc1. The van der Waals surface area contributed by atoms with E-state index in [0.717, 1.165) is 38.2 Å². The first-order chi connectivity index (χ1) is 8.86. The lowest BCUT2D eigenvalue weighted by molar-refractivity contribution is 0.191. The van der Waals surface area contributed by atoms with E-state index in [1.54, 1.807) is 7.11 Å². The third-order valence-corrected chi connectivity index (χ3v) is 2.97. The maximum Gasteiger partial charge on any atom is 0.119 e. The lowest BCUT2D eigenvalue weighted by Gasteiger charge is -2.07. The van der Waals surface area contributed by atoms with E-state index in [9.17, 15) is 0 Å². The molecule has 102 valence electrons. The third-order valence-electron chi connectivity index (χ3n) is 2.97. The van der Waals surface area contributed by atoms with Crippen LogP contribution in [0, 0.1) is 0 Å². The number of hydrogen-bond donors (Lipinski definition) is 0. The Hall–Kier alpha value is -1.02.